The van der Waals surface area contributed by atoms with Crippen LogP contribution < -0.4 is 10.6 Å². The molecule has 0 saturated carbocycles. The van der Waals surface area contributed by atoms with Crippen LogP contribution in [0.15, 0.2) is 24.3 Å². The summed E-state index contributed by atoms with van der Waals surface area (Å²) in [6.45, 7) is 10.6. The molecule has 2 heterocycles. The van der Waals surface area contributed by atoms with Crippen molar-refractivity contribution < 1.29 is 58.0 Å². The number of ether oxygens (including phenoxy) is 2. The van der Waals surface area contributed by atoms with E-state index in [0.29, 0.717) is 22.6 Å². The Labute approximate surface area is 299 Å². The van der Waals surface area contributed by atoms with Gasteiger partial charge in [-0.2, -0.15) is 0 Å². The number of carbonyl (C=O) groups is 8. The van der Waals surface area contributed by atoms with Gasteiger partial charge in [0, 0.05) is 46.1 Å². The van der Waals surface area contributed by atoms with E-state index in [1.165, 1.54) is 24.3 Å². The summed E-state index contributed by atoms with van der Waals surface area (Å²) < 4.78 is 10.3. The van der Waals surface area contributed by atoms with Crippen molar-refractivity contribution in [2.45, 2.75) is 103 Å². The molecule has 0 radical (unpaired) electrons. The third-order valence-corrected chi connectivity index (χ3v) is 8.30. The molecule has 2 aromatic carbocycles. The van der Waals surface area contributed by atoms with Crippen LogP contribution in [0.1, 0.15) is 121 Å². The lowest BCUT2D eigenvalue weighted by Gasteiger charge is -2.35. The Morgan fingerprint density at radius 3 is 1.12 bits per heavy atom. The minimum Gasteiger partial charge on any atom is -0.480 e. The van der Waals surface area contributed by atoms with Gasteiger partial charge in [-0.1, -0.05) is 0 Å². The lowest BCUT2D eigenvalue weighted by atomic mass is 9.84. The molecule has 0 spiro atoms. The molecule has 2 aliphatic heterocycles. The topological polar surface area (TPSA) is 226 Å². The van der Waals surface area contributed by atoms with Crippen molar-refractivity contribution in [3.8, 4) is 0 Å². The molecule has 52 heavy (non-hydrogen) atoms. The second-order valence-electron chi connectivity index (χ2n) is 14.6. The second-order valence-corrected chi connectivity index (χ2v) is 14.6. The second kappa shape index (κ2) is 15.4. The van der Waals surface area contributed by atoms with Crippen molar-refractivity contribution in [2.24, 2.45) is 0 Å². The zero-order chi connectivity index (χ0) is 38.7. The average Bonchev–Trinajstić information content (AvgIpc) is 3.02. The molecule has 2 aliphatic rings. The number of nitrogens with one attached hydrogen (secondary N) is 2. The highest BCUT2D eigenvalue weighted by Gasteiger charge is 2.45. The number of hydrogen-bond acceptors (Lipinski definition) is 10. The standard InChI is InChI=1S/C36H44N4O12/c1-35(2,3)51-33(49)37-17-9-7-11-23(31(45)46)39-27(41)19-13-15-21-26-22(16-14-20(25(19)26)28(39)42)30(44)40(29(21)43)24(32(47)48)12-8-10-18-38-34(50)52-36(4,5)6/h13-16,23-24H,7-12,17-18H2,1-6H3,(H,37,49)(H,38,50)(H,45,46)(H,47,48)/t23-,24-/m0/s1. The van der Waals surface area contributed by atoms with Crippen LogP contribution >= 0.6 is 0 Å². The number of carboxylic acid groups (broad SMARTS) is 2. The quantitative estimate of drug-likeness (QED) is 0.158. The number of amides is 6. The zero-order valence-corrected chi connectivity index (χ0v) is 30.0. The lowest BCUT2D eigenvalue weighted by molar-refractivity contribution is -0.142. The van der Waals surface area contributed by atoms with Gasteiger partial charge in [0.05, 0.1) is 0 Å². The summed E-state index contributed by atoms with van der Waals surface area (Å²) in [5.41, 5.74) is -1.75. The Hall–Kier alpha value is -5.54. The number of alkyl carbamates (subject to hydrolysis) is 2. The minimum absolute atomic E-state index is 0.00777. The molecule has 0 bridgehead atoms. The van der Waals surface area contributed by atoms with E-state index in [-0.39, 0.29) is 71.8 Å². The fraction of sp³-hybridized carbons (Fsp3) is 0.500. The van der Waals surface area contributed by atoms with Crippen molar-refractivity contribution >= 4 is 58.5 Å². The predicted molar refractivity (Wildman–Crippen MR) is 184 cm³/mol. The van der Waals surface area contributed by atoms with Gasteiger partial charge in [0.1, 0.15) is 23.3 Å². The fourth-order valence-electron chi connectivity index (χ4n) is 6.14. The fourth-order valence-corrected chi connectivity index (χ4v) is 6.14. The lowest BCUT2D eigenvalue weighted by Crippen LogP contribution is -2.52. The number of unbranched alkanes of at least 4 members (excludes halogenated alkanes) is 2. The van der Waals surface area contributed by atoms with Crippen LogP contribution in [0.2, 0.25) is 0 Å². The van der Waals surface area contributed by atoms with E-state index >= 15 is 0 Å². The van der Waals surface area contributed by atoms with Crippen LogP contribution in [0.3, 0.4) is 0 Å². The SMILES string of the molecule is CC(C)(C)OC(=O)NCCCC[C@@H](C(=O)O)N1C(=O)c2ccc3c4c(ccc(c24)C1=O)C(=O)N([C@@H](CCCCNC(=O)OC(C)(C)C)C(=O)O)C3=O. The van der Waals surface area contributed by atoms with E-state index in [9.17, 15) is 48.6 Å². The zero-order valence-electron chi connectivity index (χ0n) is 30.0. The molecule has 0 unspecified atom stereocenters. The Morgan fingerprint density at radius 1 is 0.577 bits per heavy atom. The van der Waals surface area contributed by atoms with Crippen LogP contribution in [0, 0.1) is 0 Å². The van der Waals surface area contributed by atoms with Gasteiger partial charge in [-0.3, -0.25) is 29.0 Å². The predicted octanol–water partition coefficient (Wildman–Crippen LogP) is 4.33. The summed E-state index contributed by atoms with van der Waals surface area (Å²) in [5.74, 6) is -6.54. The van der Waals surface area contributed by atoms with E-state index in [2.05, 4.69) is 10.6 Å². The first-order valence-electron chi connectivity index (χ1n) is 17.0. The van der Waals surface area contributed by atoms with Crippen LogP contribution in [0.25, 0.3) is 10.8 Å². The molecule has 2 atom stereocenters. The number of carbonyl (C=O) groups excluding carboxylic acids is 6. The van der Waals surface area contributed by atoms with Gasteiger partial charge < -0.3 is 30.3 Å². The summed E-state index contributed by atoms with van der Waals surface area (Å²) in [4.78, 5) is 105. The van der Waals surface area contributed by atoms with Crippen molar-refractivity contribution in [1.29, 1.82) is 0 Å². The first kappa shape index (κ1) is 39.2. The molecule has 0 aliphatic carbocycles. The number of nitrogens with zero attached hydrogens (tertiary/aromatic N) is 2. The molecule has 0 aromatic heterocycles. The van der Waals surface area contributed by atoms with Gasteiger partial charge in [-0.05, 0) is 104 Å². The van der Waals surface area contributed by atoms with Gasteiger partial charge in [0.2, 0.25) is 0 Å². The Balaban J connectivity index is 1.51. The Morgan fingerprint density at radius 2 is 0.865 bits per heavy atom. The van der Waals surface area contributed by atoms with E-state index < -0.39 is 71.0 Å². The Kier molecular flexibility index (Phi) is 11.6. The average molecular weight is 725 g/mol. The molecule has 16 nitrogen and oxygen atoms in total. The van der Waals surface area contributed by atoms with E-state index in [1.54, 1.807) is 41.5 Å². The normalized spacial score (nSPS) is 15.3. The largest absolute Gasteiger partial charge is 0.480 e. The van der Waals surface area contributed by atoms with Crippen LogP contribution in [0.4, 0.5) is 9.59 Å². The van der Waals surface area contributed by atoms with Gasteiger partial charge in [0.15, 0.2) is 0 Å². The van der Waals surface area contributed by atoms with Crippen LogP contribution in [-0.4, -0.2) is 104 Å². The van der Waals surface area contributed by atoms with Gasteiger partial charge in [0.25, 0.3) is 23.6 Å². The molecule has 2 aromatic rings. The smallest absolute Gasteiger partial charge is 0.407 e. The first-order valence-corrected chi connectivity index (χ1v) is 17.0. The molecule has 0 fully saturated rings. The molecule has 6 amide bonds. The van der Waals surface area contributed by atoms with Gasteiger partial charge >= 0.3 is 24.1 Å². The molecule has 280 valence electrons. The number of imide groups is 2. The number of carboxylic acids is 2. The summed E-state index contributed by atoms with van der Waals surface area (Å²) in [6, 6.07) is 1.96. The van der Waals surface area contributed by atoms with Crippen LogP contribution in [-0.2, 0) is 19.1 Å². The third kappa shape index (κ3) is 8.66. The third-order valence-electron chi connectivity index (χ3n) is 8.30. The molecule has 4 rings (SSSR count). The first-order chi connectivity index (χ1) is 24.2. The maximum Gasteiger partial charge on any atom is 0.407 e. The number of rotatable bonds is 14. The summed E-state index contributed by atoms with van der Waals surface area (Å²) >= 11 is 0. The van der Waals surface area contributed by atoms with Crippen molar-refractivity contribution in [1.82, 2.24) is 20.4 Å². The van der Waals surface area contributed by atoms with Gasteiger partial charge in [-0.25, -0.2) is 19.2 Å². The van der Waals surface area contributed by atoms with Crippen molar-refractivity contribution in [3.05, 3.63) is 46.5 Å². The van der Waals surface area contributed by atoms with E-state index in [4.69, 9.17) is 9.47 Å². The monoisotopic (exact) mass is 724 g/mol. The maximum atomic E-state index is 13.8. The summed E-state index contributed by atoms with van der Waals surface area (Å²) in [5, 5.41) is 25.3. The van der Waals surface area contributed by atoms with Crippen molar-refractivity contribution in [3.63, 3.8) is 0 Å². The maximum absolute atomic E-state index is 13.8. The van der Waals surface area contributed by atoms with E-state index in [0.717, 1.165) is 0 Å². The minimum atomic E-state index is -1.55. The highest BCUT2D eigenvalue weighted by atomic mass is 16.6. The van der Waals surface area contributed by atoms with E-state index in [1.807, 2.05) is 0 Å². The number of aliphatic carboxylic acids is 2. The van der Waals surface area contributed by atoms with Gasteiger partial charge in [-0.15, -0.1) is 0 Å². The summed E-state index contributed by atoms with van der Waals surface area (Å²) in [7, 11) is 0. The summed E-state index contributed by atoms with van der Waals surface area (Å²) in [6.07, 6.45) is -0.374. The highest BCUT2D eigenvalue weighted by Crippen LogP contribution is 2.39. The molecule has 0 saturated heterocycles. The number of hydrogen-bond donors (Lipinski definition) is 4. The molecular weight excluding hydrogens is 680 g/mol. The van der Waals surface area contributed by atoms with Crippen molar-refractivity contribution in [2.75, 3.05) is 13.1 Å². The van der Waals surface area contributed by atoms with Crippen LogP contribution in [0.5, 0.6) is 0 Å². The molecule has 16 heteroatoms. The molecule has 4 N–H and O–H groups in total. The highest BCUT2D eigenvalue weighted by molar-refractivity contribution is 6.34. The Bertz CT molecular complexity index is 1620. The number of benzene rings is 2. The molecular formula is C36H44N4O12.